The van der Waals surface area contributed by atoms with Crippen LogP contribution in [0.25, 0.3) is 0 Å². The molecule has 0 spiro atoms. The number of thioether (sulfide) groups is 1. The fourth-order valence-corrected chi connectivity index (χ4v) is 3.60. The Hall–Kier alpha value is -0.240. The van der Waals surface area contributed by atoms with Gasteiger partial charge in [0, 0.05) is 0 Å². The van der Waals surface area contributed by atoms with Crippen molar-refractivity contribution in [2.75, 3.05) is 5.75 Å². The van der Waals surface area contributed by atoms with E-state index in [1.807, 2.05) is 13.0 Å². The largest absolute Gasteiger partial charge is 0.286 e. The van der Waals surface area contributed by atoms with Crippen molar-refractivity contribution in [2.24, 2.45) is 16.7 Å². The Balaban J connectivity index is 2.70. The summed E-state index contributed by atoms with van der Waals surface area (Å²) < 4.78 is 0. The SMILES string of the molecule is C=CC1(C(=O)SCC)CCC(C(C)(C)C)CC1. The summed E-state index contributed by atoms with van der Waals surface area (Å²) in [7, 11) is 0. The second-order valence-corrected chi connectivity index (χ2v) is 7.46. The van der Waals surface area contributed by atoms with Crippen molar-refractivity contribution in [2.45, 2.75) is 53.4 Å². The molecule has 0 saturated heterocycles. The minimum Gasteiger partial charge on any atom is -0.286 e. The molecule has 17 heavy (non-hydrogen) atoms. The molecule has 98 valence electrons. The Kier molecular flexibility index (Phi) is 4.88. The summed E-state index contributed by atoms with van der Waals surface area (Å²) in [4.78, 5) is 12.2. The van der Waals surface area contributed by atoms with Crippen molar-refractivity contribution in [1.29, 1.82) is 0 Å². The molecule has 1 aliphatic rings. The van der Waals surface area contributed by atoms with E-state index in [-0.39, 0.29) is 5.41 Å². The van der Waals surface area contributed by atoms with E-state index in [9.17, 15) is 4.79 Å². The highest BCUT2D eigenvalue weighted by molar-refractivity contribution is 8.13. The number of allylic oxidation sites excluding steroid dienone is 1. The maximum atomic E-state index is 12.2. The first-order chi connectivity index (χ1) is 7.85. The number of hydrogen-bond donors (Lipinski definition) is 0. The van der Waals surface area contributed by atoms with Gasteiger partial charge >= 0.3 is 0 Å². The van der Waals surface area contributed by atoms with Crippen LogP contribution in [0.5, 0.6) is 0 Å². The summed E-state index contributed by atoms with van der Waals surface area (Å²) in [6.07, 6.45) is 6.21. The molecule has 0 aromatic rings. The first-order valence-corrected chi connectivity index (χ1v) is 7.65. The van der Waals surface area contributed by atoms with Crippen molar-refractivity contribution in [3.8, 4) is 0 Å². The topological polar surface area (TPSA) is 17.1 Å². The normalized spacial score (nSPS) is 30.0. The maximum Gasteiger partial charge on any atom is 0.198 e. The zero-order valence-corrected chi connectivity index (χ0v) is 12.5. The van der Waals surface area contributed by atoms with E-state index in [4.69, 9.17) is 0 Å². The van der Waals surface area contributed by atoms with E-state index in [1.165, 1.54) is 11.8 Å². The van der Waals surface area contributed by atoms with Crippen LogP contribution in [0.1, 0.15) is 53.4 Å². The summed E-state index contributed by atoms with van der Waals surface area (Å²) in [5, 5.41) is 0.336. The molecule has 0 radical (unpaired) electrons. The summed E-state index contributed by atoms with van der Waals surface area (Å²) in [6.45, 7) is 12.9. The monoisotopic (exact) mass is 254 g/mol. The van der Waals surface area contributed by atoms with Gasteiger partial charge in [-0.15, -0.1) is 6.58 Å². The zero-order valence-electron chi connectivity index (χ0n) is 11.7. The maximum absolute atomic E-state index is 12.2. The van der Waals surface area contributed by atoms with Gasteiger partial charge in [-0.25, -0.2) is 0 Å². The van der Waals surface area contributed by atoms with Crippen LogP contribution in [0.15, 0.2) is 12.7 Å². The molecule has 0 aliphatic heterocycles. The second kappa shape index (κ2) is 5.60. The Morgan fingerprint density at radius 2 is 1.94 bits per heavy atom. The average molecular weight is 254 g/mol. The number of rotatable bonds is 3. The zero-order chi connectivity index (χ0) is 13.1. The third-order valence-electron chi connectivity index (χ3n) is 4.18. The highest BCUT2D eigenvalue weighted by Crippen LogP contribution is 2.47. The number of carbonyl (C=O) groups is 1. The lowest BCUT2D eigenvalue weighted by molar-refractivity contribution is -0.119. The molecular formula is C15H26OS. The van der Waals surface area contributed by atoms with Gasteiger partial charge in [-0.3, -0.25) is 4.79 Å². The van der Waals surface area contributed by atoms with Crippen LogP contribution in [0.3, 0.4) is 0 Å². The van der Waals surface area contributed by atoms with Gasteiger partial charge in [-0.1, -0.05) is 45.5 Å². The smallest absolute Gasteiger partial charge is 0.198 e. The molecule has 0 atom stereocenters. The molecule has 2 heteroatoms. The molecule has 1 saturated carbocycles. The van der Waals surface area contributed by atoms with E-state index in [2.05, 4.69) is 27.4 Å². The summed E-state index contributed by atoms with van der Waals surface area (Å²) in [5.41, 5.74) is 0.136. The van der Waals surface area contributed by atoms with Gasteiger partial charge in [0.25, 0.3) is 0 Å². The quantitative estimate of drug-likeness (QED) is 0.680. The van der Waals surface area contributed by atoms with Gasteiger partial charge in [-0.2, -0.15) is 0 Å². The van der Waals surface area contributed by atoms with E-state index >= 15 is 0 Å². The van der Waals surface area contributed by atoms with Crippen molar-refractivity contribution in [3.05, 3.63) is 12.7 Å². The van der Waals surface area contributed by atoms with Crippen LogP contribution in [-0.2, 0) is 4.79 Å². The Bertz CT molecular complexity index is 280. The molecular weight excluding hydrogens is 228 g/mol. The predicted molar refractivity (Wildman–Crippen MR) is 77.2 cm³/mol. The third kappa shape index (κ3) is 3.37. The second-order valence-electron chi connectivity index (χ2n) is 6.22. The Labute approximate surface area is 110 Å². The lowest BCUT2D eigenvalue weighted by atomic mass is 9.64. The molecule has 0 unspecified atom stereocenters. The van der Waals surface area contributed by atoms with Crippen LogP contribution >= 0.6 is 11.8 Å². The molecule has 0 bridgehead atoms. The van der Waals surface area contributed by atoms with Crippen molar-refractivity contribution in [1.82, 2.24) is 0 Å². The molecule has 1 fully saturated rings. The lowest BCUT2D eigenvalue weighted by Crippen LogP contribution is -2.35. The van der Waals surface area contributed by atoms with Crippen molar-refractivity contribution in [3.63, 3.8) is 0 Å². The molecule has 1 nitrogen and oxygen atoms in total. The molecule has 1 aliphatic carbocycles. The molecule has 0 N–H and O–H groups in total. The van der Waals surface area contributed by atoms with Crippen LogP contribution in [0.2, 0.25) is 0 Å². The fourth-order valence-electron chi connectivity index (χ4n) is 2.77. The average Bonchev–Trinajstić information content (AvgIpc) is 2.28. The van der Waals surface area contributed by atoms with Gasteiger partial charge < -0.3 is 0 Å². The van der Waals surface area contributed by atoms with Crippen LogP contribution < -0.4 is 0 Å². The lowest BCUT2D eigenvalue weighted by Gasteiger charge is -2.41. The van der Waals surface area contributed by atoms with Crippen LogP contribution in [0, 0.1) is 16.7 Å². The predicted octanol–water partition coefficient (Wildman–Crippen LogP) is 4.67. The van der Waals surface area contributed by atoms with E-state index < -0.39 is 0 Å². The molecule has 0 aromatic heterocycles. The standard InChI is InChI=1S/C15H26OS/c1-6-15(13(16)17-7-2)10-8-12(9-11-15)14(3,4)5/h6,12H,1,7-11H2,2-5H3. The first kappa shape index (κ1) is 14.8. The van der Waals surface area contributed by atoms with E-state index in [1.54, 1.807) is 0 Å². The van der Waals surface area contributed by atoms with Crippen molar-refractivity contribution < 1.29 is 4.79 Å². The van der Waals surface area contributed by atoms with Crippen LogP contribution in [-0.4, -0.2) is 10.9 Å². The van der Waals surface area contributed by atoms with Gasteiger partial charge in [0.2, 0.25) is 0 Å². The Morgan fingerprint density at radius 3 is 2.29 bits per heavy atom. The summed E-state index contributed by atoms with van der Waals surface area (Å²) in [5.74, 6) is 1.62. The number of carbonyl (C=O) groups excluding carboxylic acids is 1. The molecule has 0 aromatic carbocycles. The fraction of sp³-hybridized carbons (Fsp3) is 0.800. The minimum absolute atomic E-state index is 0.234. The Morgan fingerprint density at radius 1 is 1.41 bits per heavy atom. The van der Waals surface area contributed by atoms with Gasteiger partial charge in [0.05, 0.1) is 5.41 Å². The summed E-state index contributed by atoms with van der Waals surface area (Å²) >= 11 is 1.46. The first-order valence-electron chi connectivity index (χ1n) is 6.66. The number of hydrogen-bond acceptors (Lipinski definition) is 2. The van der Waals surface area contributed by atoms with Crippen LogP contribution in [0.4, 0.5) is 0 Å². The van der Waals surface area contributed by atoms with Gasteiger partial charge in [0.15, 0.2) is 5.12 Å². The van der Waals surface area contributed by atoms with E-state index in [0.717, 1.165) is 37.4 Å². The molecule has 0 heterocycles. The molecule has 0 amide bonds. The highest BCUT2D eigenvalue weighted by atomic mass is 32.2. The van der Waals surface area contributed by atoms with Gasteiger partial charge in [-0.05, 0) is 42.8 Å². The summed E-state index contributed by atoms with van der Waals surface area (Å²) in [6, 6.07) is 0. The minimum atomic E-state index is -0.234. The highest BCUT2D eigenvalue weighted by Gasteiger charge is 2.41. The van der Waals surface area contributed by atoms with E-state index in [0.29, 0.717) is 10.5 Å². The third-order valence-corrected chi connectivity index (χ3v) is 5.13. The van der Waals surface area contributed by atoms with Crippen molar-refractivity contribution >= 4 is 16.9 Å². The molecule has 1 rings (SSSR count). The van der Waals surface area contributed by atoms with Gasteiger partial charge in [0.1, 0.15) is 0 Å².